The van der Waals surface area contributed by atoms with Crippen molar-refractivity contribution >= 4 is 10.8 Å². The Bertz CT molecular complexity index is 495. The zero-order valence-electron chi connectivity index (χ0n) is 10.5. The number of hydrogen-bond acceptors (Lipinski definition) is 0. The zero-order valence-corrected chi connectivity index (χ0v) is 10.5. The Morgan fingerprint density at radius 1 is 0.750 bits per heavy atom. The van der Waals surface area contributed by atoms with Crippen molar-refractivity contribution in [2.75, 3.05) is 0 Å². The van der Waals surface area contributed by atoms with Gasteiger partial charge in [-0.05, 0) is 46.7 Å². The smallest absolute Gasteiger partial charge is 0.0149 e. The Kier molecular flexibility index (Phi) is 3.28. The molecule has 0 heterocycles. The fourth-order valence-electron chi connectivity index (χ4n) is 2.27. The van der Waals surface area contributed by atoms with Gasteiger partial charge in [0.1, 0.15) is 0 Å². The van der Waals surface area contributed by atoms with Gasteiger partial charge in [-0.1, -0.05) is 51.1 Å². The summed E-state index contributed by atoms with van der Waals surface area (Å²) in [6.07, 6.45) is 3.37. The van der Waals surface area contributed by atoms with Crippen molar-refractivity contribution < 1.29 is 0 Å². The average molecular weight is 212 g/mol. The minimum absolute atomic E-state index is 1.12. The minimum atomic E-state index is 1.12. The van der Waals surface area contributed by atoms with Crippen molar-refractivity contribution in [2.24, 2.45) is 0 Å². The van der Waals surface area contributed by atoms with E-state index in [0.717, 1.165) is 19.3 Å². The van der Waals surface area contributed by atoms with Crippen molar-refractivity contribution in [1.29, 1.82) is 0 Å². The summed E-state index contributed by atoms with van der Waals surface area (Å²) in [6.45, 7) is 6.68. The van der Waals surface area contributed by atoms with Gasteiger partial charge < -0.3 is 0 Å². The first-order valence-electron chi connectivity index (χ1n) is 6.32. The van der Waals surface area contributed by atoms with Crippen molar-refractivity contribution in [3.05, 3.63) is 47.0 Å². The van der Waals surface area contributed by atoms with Crippen molar-refractivity contribution in [2.45, 2.75) is 40.0 Å². The highest BCUT2D eigenvalue weighted by atomic mass is 14.1. The van der Waals surface area contributed by atoms with Gasteiger partial charge in [0, 0.05) is 0 Å². The van der Waals surface area contributed by atoms with Gasteiger partial charge >= 0.3 is 0 Å². The summed E-state index contributed by atoms with van der Waals surface area (Å²) >= 11 is 0. The largest absolute Gasteiger partial charge is 0.0613 e. The molecule has 0 aliphatic heterocycles. The normalized spacial score (nSPS) is 10.9. The Hall–Kier alpha value is -1.30. The van der Waals surface area contributed by atoms with Gasteiger partial charge in [-0.3, -0.25) is 0 Å². The highest BCUT2D eigenvalue weighted by Crippen LogP contribution is 2.23. The molecule has 0 unspecified atom stereocenters. The predicted molar refractivity (Wildman–Crippen MR) is 72.1 cm³/mol. The molecule has 0 heteroatoms. The fraction of sp³-hybridized carbons (Fsp3) is 0.375. The van der Waals surface area contributed by atoms with Gasteiger partial charge in [-0.15, -0.1) is 0 Å². The van der Waals surface area contributed by atoms with Crippen LogP contribution in [0.2, 0.25) is 0 Å². The summed E-state index contributed by atoms with van der Waals surface area (Å²) in [5, 5.41) is 2.84. The lowest BCUT2D eigenvalue weighted by Gasteiger charge is -2.09. The third kappa shape index (κ3) is 1.97. The lowest BCUT2D eigenvalue weighted by molar-refractivity contribution is 1.10. The van der Waals surface area contributed by atoms with Gasteiger partial charge in [0.05, 0.1) is 0 Å². The van der Waals surface area contributed by atoms with Gasteiger partial charge in [0.15, 0.2) is 0 Å². The Balaban J connectivity index is 2.69. The summed E-state index contributed by atoms with van der Waals surface area (Å²) in [5.74, 6) is 0. The maximum Gasteiger partial charge on any atom is -0.0149 e. The summed E-state index contributed by atoms with van der Waals surface area (Å²) < 4.78 is 0. The quantitative estimate of drug-likeness (QED) is 0.701. The third-order valence-corrected chi connectivity index (χ3v) is 3.36. The molecule has 0 aliphatic carbocycles. The van der Waals surface area contributed by atoms with Crippen LogP contribution in [0, 0.1) is 0 Å². The first-order chi connectivity index (χ1) is 7.78. The molecular weight excluding hydrogens is 192 g/mol. The zero-order chi connectivity index (χ0) is 11.5. The molecule has 2 aromatic rings. The van der Waals surface area contributed by atoms with Crippen LogP contribution in [-0.4, -0.2) is 0 Å². The van der Waals surface area contributed by atoms with E-state index in [0.29, 0.717) is 0 Å². The second-order valence-corrected chi connectivity index (χ2v) is 4.37. The van der Waals surface area contributed by atoms with E-state index < -0.39 is 0 Å². The van der Waals surface area contributed by atoms with E-state index in [4.69, 9.17) is 0 Å². The molecule has 0 radical (unpaired) electrons. The van der Waals surface area contributed by atoms with Crippen LogP contribution in [0.3, 0.4) is 0 Å². The molecule has 0 saturated heterocycles. The second-order valence-electron chi connectivity index (χ2n) is 4.37. The molecule has 0 fully saturated rings. The van der Waals surface area contributed by atoms with E-state index >= 15 is 0 Å². The van der Waals surface area contributed by atoms with Crippen molar-refractivity contribution in [3.63, 3.8) is 0 Å². The molecule has 84 valence electrons. The second kappa shape index (κ2) is 4.69. The lowest BCUT2D eigenvalue weighted by atomic mass is 9.96. The average Bonchev–Trinajstić information content (AvgIpc) is 2.36. The highest BCUT2D eigenvalue weighted by Gasteiger charge is 2.03. The lowest BCUT2D eigenvalue weighted by Crippen LogP contribution is -1.90. The van der Waals surface area contributed by atoms with Gasteiger partial charge in [-0.2, -0.15) is 0 Å². The van der Waals surface area contributed by atoms with E-state index in [9.17, 15) is 0 Å². The van der Waals surface area contributed by atoms with Crippen LogP contribution in [0.15, 0.2) is 30.3 Å². The number of hydrogen-bond donors (Lipinski definition) is 0. The number of rotatable bonds is 3. The molecular formula is C16H20. The van der Waals surface area contributed by atoms with Crippen LogP contribution >= 0.6 is 0 Å². The Morgan fingerprint density at radius 2 is 1.50 bits per heavy atom. The minimum Gasteiger partial charge on any atom is -0.0613 e. The van der Waals surface area contributed by atoms with Gasteiger partial charge in [0.2, 0.25) is 0 Å². The molecule has 0 aliphatic rings. The fourth-order valence-corrected chi connectivity index (χ4v) is 2.27. The maximum absolute atomic E-state index is 2.36. The van der Waals surface area contributed by atoms with Crippen LogP contribution < -0.4 is 0 Å². The number of fused-ring (bicyclic) bond motifs is 1. The first-order valence-corrected chi connectivity index (χ1v) is 6.32. The molecule has 16 heavy (non-hydrogen) atoms. The number of aryl methyl sites for hydroxylation is 3. The molecule has 0 nitrogen and oxygen atoms in total. The first kappa shape index (κ1) is 11.2. The van der Waals surface area contributed by atoms with Crippen LogP contribution in [0.25, 0.3) is 10.8 Å². The topological polar surface area (TPSA) is 0 Å². The molecule has 0 atom stereocenters. The van der Waals surface area contributed by atoms with Crippen LogP contribution in [0.1, 0.15) is 37.5 Å². The van der Waals surface area contributed by atoms with Gasteiger partial charge in [0.25, 0.3) is 0 Å². The summed E-state index contributed by atoms with van der Waals surface area (Å²) in [5.41, 5.74) is 4.38. The van der Waals surface area contributed by atoms with E-state index in [-0.39, 0.29) is 0 Å². The third-order valence-electron chi connectivity index (χ3n) is 3.36. The van der Waals surface area contributed by atoms with E-state index in [2.05, 4.69) is 51.1 Å². The maximum atomic E-state index is 2.36. The predicted octanol–water partition coefficient (Wildman–Crippen LogP) is 4.53. The monoisotopic (exact) mass is 212 g/mol. The summed E-state index contributed by atoms with van der Waals surface area (Å²) in [7, 11) is 0. The molecule has 0 saturated carbocycles. The van der Waals surface area contributed by atoms with Crippen molar-refractivity contribution in [1.82, 2.24) is 0 Å². The standard InChI is InChI=1S/C16H20/c1-4-12-7-8-15-10-13(5-2)9-14(6-3)16(15)11-12/h7-11H,4-6H2,1-3H3. The molecule has 0 spiro atoms. The van der Waals surface area contributed by atoms with Crippen molar-refractivity contribution in [3.8, 4) is 0 Å². The molecule has 0 N–H and O–H groups in total. The Morgan fingerprint density at radius 3 is 2.12 bits per heavy atom. The molecule has 0 aromatic heterocycles. The van der Waals surface area contributed by atoms with Crippen LogP contribution in [0.5, 0.6) is 0 Å². The molecule has 0 bridgehead atoms. The summed E-state index contributed by atoms with van der Waals surface area (Å²) in [6, 6.07) is 11.6. The SMILES string of the molecule is CCc1cc(CC)c2cc(CC)ccc2c1. The van der Waals surface area contributed by atoms with E-state index in [1.807, 2.05) is 0 Å². The molecule has 0 amide bonds. The Labute approximate surface area is 98.3 Å². The van der Waals surface area contributed by atoms with Gasteiger partial charge in [-0.25, -0.2) is 0 Å². The van der Waals surface area contributed by atoms with E-state index in [1.165, 1.54) is 27.5 Å². The highest BCUT2D eigenvalue weighted by molar-refractivity contribution is 5.87. The summed E-state index contributed by atoms with van der Waals surface area (Å²) in [4.78, 5) is 0. The molecule has 2 aromatic carbocycles. The van der Waals surface area contributed by atoms with Crippen LogP contribution in [-0.2, 0) is 19.3 Å². The number of benzene rings is 2. The van der Waals surface area contributed by atoms with Crippen LogP contribution in [0.4, 0.5) is 0 Å². The van der Waals surface area contributed by atoms with E-state index in [1.54, 1.807) is 0 Å². The molecule has 2 rings (SSSR count).